The number of hydrogen-bond acceptors (Lipinski definition) is 5. The molecule has 0 heterocycles. The van der Waals surface area contributed by atoms with E-state index in [-0.39, 0.29) is 23.2 Å². The van der Waals surface area contributed by atoms with Crippen LogP contribution < -0.4 is 4.72 Å². The van der Waals surface area contributed by atoms with Crippen molar-refractivity contribution >= 4 is 15.7 Å². The fourth-order valence-electron chi connectivity index (χ4n) is 1.44. The van der Waals surface area contributed by atoms with Crippen molar-refractivity contribution in [2.24, 2.45) is 0 Å². The van der Waals surface area contributed by atoms with E-state index in [9.17, 15) is 18.5 Å². The predicted octanol–water partition coefficient (Wildman–Crippen LogP) is 1.22. The Balaban J connectivity index is 2.99. The first-order valence-electron chi connectivity index (χ1n) is 5.55. The molecule has 0 bridgehead atoms. The van der Waals surface area contributed by atoms with Gasteiger partial charge in [0.05, 0.1) is 15.9 Å². The Morgan fingerprint density at radius 3 is 2.58 bits per heavy atom. The van der Waals surface area contributed by atoms with Crippen LogP contribution in [0.25, 0.3) is 0 Å². The lowest BCUT2D eigenvalue weighted by Crippen LogP contribution is -2.32. The average Bonchev–Trinajstić information content (AvgIpc) is 2.35. The number of non-ortho nitro benzene ring substituents is 1. The van der Waals surface area contributed by atoms with Gasteiger partial charge in [-0.15, -0.1) is 0 Å². The third-order valence-electron chi connectivity index (χ3n) is 2.62. The molecule has 106 valence electrons. The van der Waals surface area contributed by atoms with Crippen molar-refractivity contribution < 1.29 is 18.1 Å². The highest BCUT2D eigenvalue weighted by atomic mass is 32.2. The van der Waals surface area contributed by atoms with Gasteiger partial charge in [-0.1, -0.05) is 0 Å². The number of nitrogens with zero attached hydrogens (tertiary/aromatic N) is 1. The number of hydrogen-bond donors (Lipinski definition) is 1. The summed E-state index contributed by atoms with van der Waals surface area (Å²) in [6.45, 7) is 3.38. The summed E-state index contributed by atoms with van der Waals surface area (Å²) in [5, 5.41) is 10.6. The molecule has 0 fully saturated rings. The Bertz CT molecular complexity index is 570. The van der Waals surface area contributed by atoms with E-state index in [1.807, 2.05) is 0 Å². The summed E-state index contributed by atoms with van der Waals surface area (Å²) in [4.78, 5) is 10.1. The van der Waals surface area contributed by atoms with Gasteiger partial charge in [0.25, 0.3) is 5.69 Å². The third kappa shape index (κ3) is 3.98. The summed E-state index contributed by atoms with van der Waals surface area (Å²) >= 11 is 0. The Morgan fingerprint density at radius 2 is 2.11 bits per heavy atom. The van der Waals surface area contributed by atoms with E-state index in [1.165, 1.54) is 32.2 Å². The standard InChI is InChI=1S/C11H16N2O5S/c1-8-6-10(13(14)15)4-5-11(8)19(16,17)12-7-9(2)18-3/h4-6,9,12H,7H2,1-3H3. The van der Waals surface area contributed by atoms with Crippen LogP contribution in [0.4, 0.5) is 5.69 Å². The monoisotopic (exact) mass is 288 g/mol. The molecule has 0 spiro atoms. The molecular formula is C11H16N2O5S. The average molecular weight is 288 g/mol. The summed E-state index contributed by atoms with van der Waals surface area (Å²) in [6.07, 6.45) is -0.256. The minimum Gasteiger partial charge on any atom is -0.380 e. The molecule has 1 aromatic carbocycles. The van der Waals surface area contributed by atoms with Gasteiger partial charge in [-0.3, -0.25) is 10.1 Å². The molecule has 19 heavy (non-hydrogen) atoms. The van der Waals surface area contributed by atoms with E-state index >= 15 is 0 Å². The molecule has 0 amide bonds. The normalized spacial score (nSPS) is 13.2. The number of sulfonamides is 1. The van der Waals surface area contributed by atoms with Gasteiger partial charge in [-0.2, -0.15) is 0 Å². The summed E-state index contributed by atoms with van der Waals surface area (Å²) in [7, 11) is -2.21. The quantitative estimate of drug-likeness (QED) is 0.626. The molecule has 7 nitrogen and oxygen atoms in total. The summed E-state index contributed by atoms with van der Waals surface area (Å²) in [5.74, 6) is 0. The molecule has 1 rings (SSSR count). The maximum Gasteiger partial charge on any atom is 0.269 e. The number of methoxy groups -OCH3 is 1. The van der Waals surface area contributed by atoms with Gasteiger partial charge in [-0.25, -0.2) is 13.1 Å². The second-order valence-electron chi connectivity index (χ2n) is 4.11. The topological polar surface area (TPSA) is 98.5 Å². The largest absolute Gasteiger partial charge is 0.380 e. The predicted molar refractivity (Wildman–Crippen MR) is 69.5 cm³/mol. The highest BCUT2D eigenvalue weighted by Gasteiger charge is 2.19. The highest BCUT2D eigenvalue weighted by Crippen LogP contribution is 2.20. The second kappa shape index (κ2) is 6.09. The van der Waals surface area contributed by atoms with Crippen molar-refractivity contribution in [1.29, 1.82) is 0 Å². The van der Waals surface area contributed by atoms with Gasteiger partial charge in [-0.05, 0) is 25.5 Å². The van der Waals surface area contributed by atoms with Crippen molar-refractivity contribution in [2.75, 3.05) is 13.7 Å². The van der Waals surface area contributed by atoms with E-state index in [2.05, 4.69) is 4.72 Å². The lowest BCUT2D eigenvalue weighted by atomic mass is 10.2. The first-order chi connectivity index (χ1) is 8.77. The molecule has 1 N–H and O–H groups in total. The Morgan fingerprint density at radius 1 is 1.47 bits per heavy atom. The molecule has 0 aliphatic heterocycles. The lowest BCUT2D eigenvalue weighted by molar-refractivity contribution is -0.385. The number of benzene rings is 1. The SMILES string of the molecule is COC(C)CNS(=O)(=O)c1ccc([N+](=O)[O-])cc1C. The van der Waals surface area contributed by atoms with E-state index in [4.69, 9.17) is 4.74 Å². The maximum atomic E-state index is 12.0. The van der Waals surface area contributed by atoms with E-state index in [1.54, 1.807) is 6.92 Å². The van der Waals surface area contributed by atoms with Crippen LogP contribution in [-0.4, -0.2) is 33.1 Å². The van der Waals surface area contributed by atoms with Crippen LogP contribution in [0.2, 0.25) is 0 Å². The van der Waals surface area contributed by atoms with Crippen LogP contribution in [0.15, 0.2) is 23.1 Å². The first kappa shape index (κ1) is 15.5. The number of nitro groups is 1. The Kier molecular flexibility index (Phi) is 4.98. The van der Waals surface area contributed by atoms with Crippen molar-refractivity contribution in [3.8, 4) is 0 Å². The number of ether oxygens (including phenoxy) is 1. The van der Waals surface area contributed by atoms with Crippen LogP contribution in [0.3, 0.4) is 0 Å². The fourth-order valence-corrected chi connectivity index (χ4v) is 2.78. The molecule has 8 heteroatoms. The molecule has 0 radical (unpaired) electrons. The van der Waals surface area contributed by atoms with Crippen LogP contribution in [0.1, 0.15) is 12.5 Å². The van der Waals surface area contributed by atoms with Gasteiger partial charge in [0, 0.05) is 25.8 Å². The zero-order valence-corrected chi connectivity index (χ0v) is 11.7. The first-order valence-corrected chi connectivity index (χ1v) is 7.03. The van der Waals surface area contributed by atoms with Gasteiger partial charge < -0.3 is 4.74 Å². The highest BCUT2D eigenvalue weighted by molar-refractivity contribution is 7.89. The van der Waals surface area contributed by atoms with Crippen LogP contribution in [0, 0.1) is 17.0 Å². The van der Waals surface area contributed by atoms with Crippen LogP contribution in [-0.2, 0) is 14.8 Å². The van der Waals surface area contributed by atoms with Crippen molar-refractivity contribution in [3.63, 3.8) is 0 Å². The number of rotatable bonds is 6. The Labute approximate surface area is 111 Å². The number of aryl methyl sites for hydroxylation is 1. The lowest BCUT2D eigenvalue weighted by Gasteiger charge is -2.12. The Hall–Kier alpha value is -1.51. The molecule has 1 atom stereocenters. The van der Waals surface area contributed by atoms with E-state index in [0.29, 0.717) is 5.56 Å². The third-order valence-corrected chi connectivity index (χ3v) is 4.21. The molecule has 0 saturated heterocycles. The van der Waals surface area contributed by atoms with Gasteiger partial charge >= 0.3 is 0 Å². The van der Waals surface area contributed by atoms with Crippen molar-refractivity contribution in [2.45, 2.75) is 24.8 Å². The smallest absolute Gasteiger partial charge is 0.269 e. The van der Waals surface area contributed by atoms with Gasteiger partial charge in [0.1, 0.15) is 0 Å². The second-order valence-corrected chi connectivity index (χ2v) is 5.84. The van der Waals surface area contributed by atoms with Crippen molar-refractivity contribution in [3.05, 3.63) is 33.9 Å². The van der Waals surface area contributed by atoms with Gasteiger partial charge in [0.15, 0.2) is 0 Å². The summed E-state index contributed by atoms with van der Waals surface area (Å²) in [6, 6.07) is 3.63. The molecule has 0 aromatic heterocycles. The molecular weight excluding hydrogens is 272 g/mol. The van der Waals surface area contributed by atoms with Crippen LogP contribution in [0.5, 0.6) is 0 Å². The summed E-state index contributed by atoms with van der Waals surface area (Å²) < 4.78 is 31.4. The van der Waals surface area contributed by atoms with Gasteiger partial charge in [0.2, 0.25) is 10.0 Å². The zero-order valence-electron chi connectivity index (χ0n) is 10.9. The van der Waals surface area contributed by atoms with E-state index < -0.39 is 14.9 Å². The van der Waals surface area contributed by atoms with E-state index in [0.717, 1.165) is 0 Å². The molecule has 1 unspecified atom stereocenters. The number of nitro benzene ring substituents is 1. The fraction of sp³-hybridized carbons (Fsp3) is 0.455. The molecule has 1 aromatic rings. The number of nitrogens with one attached hydrogen (secondary N) is 1. The van der Waals surface area contributed by atoms with Crippen molar-refractivity contribution in [1.82, 2.24) is 4.72 Å². The van der Waals surface area contributed by atoms with Crippen LogP contribution >= 0.6 is 0 Å². The maximum absolute atomic E-state index is 12.0. The molecule has 0 aliphatic rings. The minimum absolute atomic E-state index is 0.0291. The minimum atomic E-state index is -3.69. The summed E-state index contributed by atoms with van der Waals surface area (Å²) in [5.41, 5.74) is 0.188. The molecule has 0 saturated carbocycles. The molecule has 0 aliphatic carbocycles. The zero-order chi connectivity index (χ0) is 14.6.